The lowest BCUT2D eigenvalue weighted by atomic mass is 10.2. The predicted octanol–water partition coefficient (Wildman–Crippen LogP) is 5.19. The SMILES string of the molecule is C=CCn1c(COc2ccccc2F)nnc1SCC(=O)N1CC[C@H](C)Sc2ccccc21. The molecule has 1 aliphatic heterocycles. The Kier molecular flexibility index (Phi) is 7.72. The number of aromatic nitrogens is 3. The van der Waals surface area contributed by atoms with Crippen molar-refractivity contribution in [2.45, 2.75) is 41.8 Å². The number of anilines is 1. The molecule has 0 saturated heterocycles. The number of carbonyl (C=O) groups excluding carboxylic acids is 1. The lowest BCUT2D eigenvalue weighted by molar-refractivity contribution is -0.116. The number of hydrogen-bond donors (Lipinski definition) is 0. The van der Waals surface area contributed by atoms with Gasteiger partial charge >= 0.3 is 0 Å². The van der Waals surface area contributed by atoms with Gasteiger partial charge in [-0.2, -0.15) is 0 Å². The van der Waals surface area contributed by atoms with Gasteiger partial charge in [0, 0.05) is 23.2 Å². The van der Waals surface area contributed by atoms with E-state index >= 15 is 0 Å². The number of ether oxygens (including phenoxy) is 1. The zero-order valence-electron chi connectivity index (χ0n) is 18.3. The fourth-order valence-electron chi connectivity index (χ4n) is 3.50. The van der Waals surface area contributed by atoms with Gasteiger partial charge in [0.25, 0.3) is 0 Å². The van der Waals surface area contributed by atoms with Crippen LogP contribution in [0.1, 0.15) is 19.2 Å². The number of amides is 1. The van der Waals surface area contributed by atoms with Crippen LogP contribution in [0.15, 0.2) is 71.2 Å². The second-order valence-electron chi connectivity index (χ2n) is 7.54. The third-order valence-corrected chi connectivity index (χ3v) is 7.36. The summed E-state index contributed by atoms with van der Waals surface area (Å²) in [7, 11) is 0. The number of nitrogens with zero attached hydrogens (tertiary/aromatic N) is 4. The highest BCUT2D eigenvalue weighted by Gasteiger charge is 2.25. The van der Waals surface area contributed by atoms with Gasteiger partial charge in [-0.15, -0.1) is 28.5 Å². The number of fused-ring (bicyclic) bond motifs is 1. The Hall–Kier alpha value is -2.78. The van der Waals surface area contributed by atoms with Gasteiger partial charge < -0.3 is 9.64 Å². The quantitative estimate of drug-likeness (QED) is 0.324. The molecule has 6 nitrogen and oxygen atoms in total. The molecule has 0 radical (unpaired) electrons. The minimum absolute atomic E-state index is 0.0273. The van der Waals surface area contributed by atoms with E-state index in [1.165, 1.54) is 17.8 Å². The van der Waals surface area contributed by atoms with Crippen LogP contribution in [0.5, 0.6) is 5.75 Å². The average molecular weight is 485 g/mol. The van der Waals surface area contributed by atoms with Crippen molar-refractivity contribution in [2.75, 3.05) is 17.2 Å². The van der Waals surface area contributed by atoms with E-state index in [2.05, 4.69) is 29.8 Å². The van der Waals surface area contributed by atoms with E-state index in [4.69, 9.17) is 4.74 Å². The first-order valence-electron chi connectivity index (χ1n) is 10.7. The number of benzene rings is 2. The maximum Gasteiger partial charge on any atom is 0.237 e. The van der Waals surface area contributed by atoms with Crippen LogP contribution in [-0.4, -0.2) is 38.2 Å². The molecule has 2 aromatic carbocycles. The van der Waals surface area contributed by atoms with Crippen LogP contribution in [0.25, 0.3) is 0 Å². The molecule has 0 saturated carbocycles. The highest BCUT2D eigenvalue weighted by Crippen LogP contribution is 2.37. The highest BCUT2D eigenvalue weighted by atomic mass is 32.2. The Morgan fingerprint density at radius 3 is 2.88 bits per heavy atom. The Labute approximate surface area is 201 Å². The summed E-state index contributed by atoms with van der Waals surface area (Å²) < 4.78 is 21.3. The topological polar surface area (TPSA) is 60.2 Å². The van der Waals surface area contributed by atoms with E-state index in [0.717, 1.165) is 17.0 Å². The normalized spacial score (nSPS) is 15.6. The van der Waals surface area contributed by atoms with Crippen LogP contribution in [-0.2, 0) is 17.9 Å². The van der Waals surface area contributed by atoms with Gasteiger partial charge in [-0.25, -0.2) is 4.39 Å². The first-order chi connectivity index (χ1) is 16.1. The minimum Gasteiger partial charge on any atom is -0.483 e. The standard InChI is InChI=1S/C24H25FN4O2S2/c1-3-13-29-22(15-31-20-10-6-4-8-18(20)25)26-27-24(29)32-16-23(30)28-14-12-17(2)33-21-11-7-5-9-19(21)28/h3-11,17H,1,12-16H2,2H3/t17-/m0/s1. The van der Waals surface area contributed by atoms with Crippen molar-refractivity contribution >= 4 is 35.1 Å². The lowest BCUT2D eigenvalue weighted by Gasteiger charge is -2.22. The molecule has 0 bridgehead atoms. The van der Waals surface area contributed by atoms with E-state index in [-0.39, 0.29) is 24.0 Å². The molecule has 33 heavy (non-hydrogen) atoms. The maximum absolute atomic E-state index is 13.9. The molecular weight excluding hydrogens is 459 g/mol. The lowest BCUT2D eigenvalue weighted by Crippen LogP contribution is -2.33. The Balaban J connectivity index is 1.45. The van der Waals surface area contributed by atoms with Crippen LogP contribution < -0.4 is 9.64 Å². The monoisotopic (exact) mass is 484 g/mol. The molecule has 3 aromatic rings. The van der Waals surface area contributed by atoms with Crippen LogP contribution in [0.3, 0.4) is 0 Å². The maximum atomic E-state index is 13.9. The van der Waals surface area contributed by atoms with Gasteiger partial charge in [0.05, 0.1) is 11.4 Å². The van der Waals surface area contributed by atoms with E-state index in [1.54, 1.807) is 36.0 Å². The van der Waals surface area contributed by atoms with E-state index < -0.39 is 5.82 Å². The van der Waals surface area contributed by atoms with Gasteiger partial charge in [-0.3, -0.25) is 9.36 Å². The Morgan fingerprint density at radius 1 is 1.27 bits per heavy atom. The van der Waals surface area contributed by atoms with Crippen molar-refractivity contribution < 1.29 is 13.9 Å². The molecule has 0 N–H and O–H groups in total. The molecule has 0 spiro atoms. The summed E-state index contributed by atoms with van der Waals surface area (Å²) in [5, 5.41) is 9.49. The number of halogens is 1. The van der Waals surface area contributed by atoms with Gasteiger partial charge in [-0.1, -0.05) is 49.0 Å². The first-order valence-corrected chi connectivity index (χ1v) is 12.5. The molecule has 0 unspecified atom stereocenters. The largest absolute Gasteiger partial charge is 0.483 e. The molecule has 1 aliphatic rings. The zero-order chi connectivity index (χ0) is 23.2. The second-order valence-corrected chi connectivity index (χ2v) is 9.96. The van der Waals surface area contributed by atoms with Crippen molar-refractivity contribution in [1.82, 2.24) is 14.8 Å². The van der Waals surface area contributed by atoms with E-state index in [1.807, 2.05) is 27.7 Å². The minimum atomic E-state index is -0.433. The molecular formula is C24H25FN4O2S2. The van der Waals surface area contributed by atoms with Crippen molar-refractivity contribution in [1.29, 1.82) is 0 Å². The third kappa shape index (κ3) is 5.59. The van der Waals surface area contributed by atoms with Crippen LogP contribution in [0.4, 0.5) is 10.1 Å². The second kappa shape index (κ2) is 10.9. The summed E-state index contributed by atoms with van der Waals surface area (Å²) in [6.07, 6.45) is 2.66. The van der Waals surface area contributed by atoms with Gasteiger partial charge in [0.2, 0.25) is 5.91 Å². The summed E-state index contributed by atoms with van der Waals surface area (Å²) >= 11 is 3.14. The number of rotatable bonds is 8. The van der Waals surface area contributed by atoms with Crippen LogP contribution in [0, 0.1) is 5.82 Å². The first kappa shape index (κ1) is 23.4. The fraction of sp³-hybridized carbons (Fsp3) is 0.292. The molecule has 0 aliphatic carbocycles. The molecule has 2 heterocycles. The Bertz CT molecular complexity index is 1140. The summed E-state index contributed by atoms with van der Waals surface area (Å²) in [4.78, 5) is 16.2. The molecule has 9 heteroatoms. The summed E-state index contributed by atoms with van der Waals surface area (Å²) in [6.45, 7) is 7.19. The van der Waals surface area contributed by atoms with Gasteiger partial charge in [0.1, 0.15) is 6.61 Å². The van der Waals surface area contributed by atoms with Gasteiger partial charge in [-0.05, 0) is 30.7 Å². The third-order valence-electron chi connectivity index (χ3n) is 5.17. The smallest absolute Gasteiger partial charge is 0.237 e. The summed E-state index contributed by atoms with van der Waals surface area (Å²) in [5.41, 5.74) is 0.962. The van der Waals surface area contributed by atoms with Crippen molar-refractivity contribution in [3.05, 3.63) is 72.8 Å². The number of thioether (sulfide) groups is 2. The van der Waals surface area contributed by atoms with E-state index in [9.17, 15) is 9.18 Å². The molecule has 1 atom stereocenters. The van der Waals surface area contributed by atoms with Crippen molar-refractivity contribution in [3.63, 3.8) is 0 Å². The highest BCUT2D eigenvalue weighted by molar-refractivity contribution is 8.00. The fourth-order valence-corrected chi connectivity index (χ4v) is 5.45. The molecule has 0 fully saturated rings. The number of para-hydroxylation sites is 2. The molecule has 1 amide bonds. The zero-order valence-corrected chi connectivity index (χ0v) is 19.9. The van der Waals surface area contributed by atoms with Crippen LogP contribution in [0.2, 0.25) is 0 Å². The molecule has 172 valence electrons. The molecule has 4 rings (SSSR count). The predicted molar refractivity (Wildman–Crippen MR) is 130 cm³/mol. The summed E-state index contributed by atoms with van der Waals surface area (Å²) in [5.74, 6) is 0.522. The number of hydrogen-bond acceptors (Lipinski definition) is 6. The van der Waals surface area contributed by atoms with Crippen LogP contribution >= 0.6 is 23.5 Å². The number of allylic oxidation sites excluding steroid dienone is 1. The van der Waals surface area contributed by atoms with Crippen molar-refractivity contribution in [2.24, 2.45) is 0 Å². The van der Waals surface area contributed by atoms with Gasteiger partial charge in [0.15, 0.2) is 22.5 Å². The Morgan fingerprint density at radius 2 is 2.06 bits per heavy atom. The van der Waals surface area contributed by atoms with E-state index in [0.29, 0.717) is 29.3 Å². The average Bonchev–Trinajstić information content (AvgIpc) is 3.10. The summed E-state index contributed by atoms with van der Waals surface area (Å²) in [6, 6.07) is 14.3. The van der Waals surface area contributed by atoms with Crippen molar-refractivity contribution in [3.8, 4) is 5.75 Å². The number of carbonyl (C=O) groups is 1. The molecule has 1 aromatic heterocycles.